The molecular weight excluding hydrogens is 281 g/mol. The fraction of sp³-hybridized carbons (Fsp3) is 0.571. The summed E-state index contributed by atoms with van der Waals surface area (Å²) in [5.41, 5.74) is 0. The van der Waals surface area contributed by atoms with Gasteiger partial charge in [-0.05, 0) is 49.8 Å². The van der Waals surface area contributed by atoms with Gasteiger partial charge in [-0.25, -0.2) is 17.9 Å². The number of rotatable bonds is 4. The smallest absolute Gasteiger partial charge is 0.238 e. The second-order valence-electron chi connectivity index (χ2n) is 5.25. The van der Waals surface area contributed by atoms with Crippen LogP contribution in [0.4, 0.5) is 4.39 Å². The minimum atomic E-state index is -3.89. The molecule has 1 fully saturated rings. The summed E-state index contributed by atoms with van der Waals surface area (Å²) >= 11 is 0. The third kappa shape index (κ3) is 3.49. The van der Waals surface area contributed by atoms with Crippen molar-refractivity contribution in [2.24, 2.45) is 11.1 Å². The fourth-order valence-corrected chi connectivity index (χ4v) is 3.24. The first-order chi connectivity index (χ1) is 9.41. The Hall–Kier alpha value is -1.14. The van der Waals surface area contributed by atoms with E-state index in [1.54, 1.807) is 0 Å². The third-order valence-electron chi connectivity index (χ3n) is 3.87. The summed E-state index contributed by atoms with van der Waals surface area (Å²) < 4.78 is 42.0. The summed E-state index contributed by atoms with van der Waals surface area (Å²) in [6.45, 7) is 2.10. The van der Waals surface area contributed by atoms with Crippen LogP contribution in [0.3, 0.4) is 0 Å². The molecule has 0 radical (unpaired) electrons. The zero-order valence-electron chi connectivity index (χ0n) is 11.5. The maximum absolute atomic E-state index is 13.9. The average molecular weight is 301 g/mol. The second-order valence-corrected chi connectivity index (χ2v) is 6.81. The molecule has 0 bridgehead atoms. The van der Waals surface area contributed by atoms with Crippen LogP contribution in [-0.4, -0.2) is 14.5 Å². The Morgan fingerprint density at radius 2 is 2.05 bits per heavy atom. The van der Waals surface area contributed by atoms with Gasteiger partial charge in [-0.1, -0.05) is 13.3 Å². The Labute approximate surface area is 119 Å². The Morgan fingerprint density at radius 3 is 2.65 bits per heavy atom. The van der Waals surface area contributed by atoms with Crippen molar-refractivity contribution >= 4 is 10.0 Å². The molecule has 2 atom stereocenters. The highest BCUT2D eigenvalue weighted by Gasteiger charge is 2.26. The van der Waals surface area contributed by atoms with Gasteiger partial charge in [-0.15, -0.1) is 0 Å². The summed E-state index contributed by atoms with van der Waals surface area (Å²) in [4.78, 5) is -0.238. The normalized spacial score (nSPS) is 23.6. The Balaban J connectivity index is 2.17. The van der Waals surface area contributed by atoms with E-state index >= 15 is 0 Å². The van der Waals surface area contributed by atoms with Crippen molar-refractivity contribution in [1.29, 1.82) is 0 Å². The van der Waals surface area contributed by atoms with Gasteiger partial charge < -0.3 is 4.74 Å². The molecule has 20 heavy (non-hydrogen) atoms. The number of primary sulfonamides is 1. The van der Waals surface area contributed by atoms with Crippen molar-refractivity contribution in [2.45, 2.75) is 50.0 Å². The molecule has 112 valence electrons. The van der Waals surface area contributed by atoms with Gasteiger partial charge in [-0.3, -0.25) is 0 Å². The lowest BCUT2D eigenvalue weighted by Crippen LogP contribution is -2.30. The van der Waals surface area contributed by atoms with Crippen molar-refractivity contribution < 1.29 is 17.5 Å². The zero-order valence-corrected chi connectivity index (χ0v) is 12.3. The van der Waals surface area contributed by atoms with Gasteiger partial charge in [-0.2, -0.15) is 0 Å². The lowest BCUT2D eigenvalue weighted by molar-refractivity contribution is 0.0862. The zero-order chi connectivity index (χ0) is 14.8. The van der Waals surface area contributed by atoms with E-state index in [1.807, 2.05) is 0 Å². The van der Waals surface area contributed by atoms with Crippen LogP contribution >= 0.6 is 0 Å². The standard InChI is InChI=1S/C14H20FNO3S/c1-2-10-5-3-4-6-13(10)19-14-8-7-11(9-12(14)15)20(16,17)18/h7-10,13H,2-6H2,1H3,(H2,16,17,18). The van der Waals surface area contributed by atoms with E-state index in [-0.39, 0.29) is 16.7 Å². The Kier molecular flexibility index (Phi) is 4.65. The highest BCUT2D eigenvalue weighted by Crippen LogP contribution is 2.31. The summed E-state index contributed by atoms with van der Waals surface area (Å²) in [5.74, 6) is -0.152. The Morgan fingerprint density at radius 1 is 1.35 bits per heavy atom. The van der Waals surface area contributed by atoms with Crippen LogP contribution in [-0.2, 0) is 10.0 Å². The fourth-order valence-electron chi connectivity index (χ4n) is 2.71. The molecule has 0 aromatic heterocycles. The average Bonchev–Trinajstić information content (AvgIpc) is 2.40. The van der Waals surface area contributed by atoms with Crippen LogP contribution in [0, 0.1) is 11.7 Å². The topological polar surface area (TPSA) is 69.4 Å². The van der Waals surface area contributed by atoms with Gasteiger partial charge in [0.25, 0.3) is 0 Å². The van der Waals surface area contributed by atoms with Crippen LogP contribution in [0.2, 0.25) is 0 Å². The minimum Gasteiger partial charge on any atom is -0.487 e. The van der Waals surface area contributed by atoms with E-state index in [4.69, 9.17) is 9.88 Å². The van der Waals surface area contributed by atoms with Gasteiger partial charge in [0.05, 0.1) is 4.90 Å². The third-order valence-corrected chi connectivity index (χ3v) is 4.78. The van der Waals surface area contributed by atoms with Crippen LogP contribution < -0.4 is 9.88 Å². The first-order valence-electron chi connectivity index (χ1n) is 6.91. The molecule has 0 heterocycles. The van der Waals surface area contributed by atoms with Gasteiger partial charge in [0.15, 0.2) is 11.6 Å². The molecule has 0 saturated heterocycles. The van der Waals surface area contributed by atoms with Crippen LogP contribution in [0.25, 0.3) is 0 Å². The molecule has 1 aliphatic carbocycles. The number of ether oxygens (including phenoxy) is 1. The quantitative estimate of drug-likeness (QED) is 0.929. The SMILES string of the molecule is CCC1CCCCC1Oc1ccc(S(N)(=O)=O)cc1F. The lowest BCUT2D eigenvalue weighted by Gasteiger charge is -2.31. The maximum atomic E-state index is 13.9. The van der Waals surface area contributed by atoms with E-state index in [9.17, 15) is 12.8 Å². The molecule has 0 amide bonds. The molecule has 0 aliphatic heterocycles. The van der Waals surface area contributed by atoms with Gasteiger partial charge in [0.2, 0.25) is 10.0 Å². The number of hydrogen-bond acceptors (Lipinski definition) is 3. The summed E-state index contributed by atoms with van der Waals surface area (Å²) in [6.07, 6.45) is 5.28. The predicted molar refractivity (Wildman–Crippen MR) is 74.4 cm³/mol. The largest absolute Gasteiger partial charge is 0.487 e. The second kappa shape index (κ2) is 6.10. The van der Waals surface area contributed by atoms with Crippen LogP contribution in [0.5, 0.6) is 5.75 Å². The molecule has 6 heteroatoms. The lowest BCUT2D eigenvalue weighted by atomic mass is 9.85. The number of hydrogen-bond donors (Lipinski definition) is 1. The molecular formula is C14H20FNO3S. The highest BCUT2D eigenvalue weighted by atomic mass is 32.2. The van der Waals surface area contributed by atoms with Crippen molar-refractivity contribution in [2.75, 3.05) is 0 Å². The highest BCUT2D eigenvalue weighted by molar-refractivity contribution is 7.89. The van der Waals surface area contributed by atoms with Gasteiger partial charge >= 0.3 is 0 Å². The first-order valence-corrected chi connectivity index (χ1v) is 8.45. The monoisotopic (exact) mass is 301 g/mol. The van der Waals surface area contributed by atoms with Crippen molar-refractivity contribution in [3.63, 3.8) is 0 Å². The van der Waals surface area contributed by atoms with Crippen LogP contribution in [0.1, 0.15) is 39.0 Å². The van der Waals surface area contributed by atoms with E-state index in [0.29, 0.717) is 5.92 Å². The first kappa shape index (κ1) is 15.3. The number of halogens is 1. The maximum Gasteiger partial charge on any atom is 0.238 e. The van der Waals surface area contributed by atoms with E-state index in [2.05, 4.69) is 6.92 Å². The van der Waals surface area contributed by atoms with E-state index < -0.39 is 15.8 Å². The van der Waals surface area contributed by atoms with E-state index in [1.165, 1.54) is 18.6 Å². The molecule has 4 nitrogen and oxygen atoms in total. The van der Waals surface area contributed by atoms with E-state index in [0.717, 1.165) is 31.7 Å². The number of benzene rings is 1. The van der Waals surface area contributed by atoms with Gasteiger partial charge in [0.1, 0.15) is 6.10 Å². The minimum absolute atomic E-state index is 0.00332. The molecule has 1 saturated carbocycles. The van der Waals surface area contributed by atoms with Crippen molar-refractivity contribution in [3.05, 3.63) is 24.0 Å². The number of nitrogens with two attached hydrogens (primary N) is 1. The predicted octanol–water partition coefficient (Wildman–Crippen LogP) is 2.82. The molecule has 1 aromatic carbocycles. The van der Waals surface area contributed by atoms with Crippen molar-refractivity contribution in [1.82, 2.24) is 0 Å². The van der Waals surface area contributed by atoms with Crippen LogP contribution in [0.15, 0.2) is 23.1 Å². The molecule has 1 aromatic rings. The summed E-state index contributed by atoms with van der Waals surface area (Å²) in [7, 11) is -3.89. The summed E-state index contributed by atoms with van der Waals surface area (Å²) in [6, 6.07) is 3.53. The molecule has 1 aliphatic rings. The molecule has 2 N–H and O–H groups in total. The summed E-state index contributed by atoms with van der Waals surface area (Å²) in [5, 5.41) is 4.97. The number of sulfonamides is 1. The molecule has 2 unspecified atom stereocenters. The molecule has 2 rings (SSSR count). The van der Waals surface area contributed by atoms with Crippen molar-refractivity contribution in [3.8, 4) is 5.75 Å². The van der Waals surface area contributed by atoms with Gasteiger partial charge in [0, 0.05) is 0 Å². The molecule has 0 spiro atoms. The Bertz CT molecular complexity index is 574.